The van der Waals surface area contributed by atoms with Gasteiger partial charge in [-0.25, -0.2) is 0 Å². The summed E-state index contributed by atoms with van der Waals surface area (Å²) in [6, 6.07) is -0.748. The average molecular weight is 914 g/mol. The van der Waals surface area contributed by atoms with Crippen molar-refractivity contribution >= 4 is 17.9 Å². The molecular weight excluding hydrogens is 823 g/mol. The summed E-state index contributed by atoms with van der Waals surface area (Å²) in [4.78, 5) is 37.0. The first-order valence-electron chi connectivity index (χ1n) is 25.2. The number of quaternary nitrogens is 1. The molecule has 8 nitrogen and oxygen atoms in total. The fourth-order valence-corrected chi connectivity index (χ4v) is 6.46. The normalized spacial score (nSPS) is 14.0. The number of hydrogen-bond donors (Lipinski definition) is 0. The number of carboxylic acid groups (broad SMARTS) is 1. The van der Waals surface area contributed by atoms with Crippen molar-refractivity contribution in [1.82, 2.24) is 0 Å². The molecule has 0 aliphatic rings. The summed E-state index contributed by atoms with van der Waals surface area (Å²) >= 11 is 0. The van der Waals surface area contributed by atoms with Crippen molar-refractivity contribution in [3.8, 4) is 0 Å². The maximum Gasteiger partial charge on any atom is 0.306 e. The maximum atomic E-state index is 12.8. The topological polar surface area (TPSA) is 102 Å². The molecule has 0 N–H and O–H groups in total. The molecule has 0 spiro atoms. The highest BCUT2D eigenvalue weighted by Gasteiger charge is 2.25. The zero-order valence-electron chi connectivity index (χ0n) is 42.0. The minimum Gasteiger partial charge on any atom is -0.544 e. The molecule has 0 bridgehead atoms. The number of hydrogen-bond acceptors (Lipinski definition) is 7. The van der Waals surface area contributed by atoms with Gasteiger partial charge in [-0.1, -0.05) is 173 Å². The van der Waals surface area contributed by atoms with Crippen LogP contribution in [0.3, 0.4) is 0 Å². The summed E-state index contributed by atoms with van der Waals surface area (Å²) < 4.78 is 17.1. The van der Waals surface area contributed by atoms with Crippen molar-refractivity contribution in [3.05, 3.63) is 134 Å². The number of aliphatic carboxylic acids is 1. The molecule has 0 fully saturated rings. The Labute approximate surface area is 403 Å². The largest absolute Gasteiger partial charge is 0.544 e. The number of rotatable bonds is 43. The minimum absolute atomic E-state index is 0.00268. The van der Waals surface area contributed by atoms with Crippen molar-refractivity contribution in [2.24, 2.45) is 0 Å². The second kappa shape index (κ2) is 47.0. The second-order valence-electron chi connectivity index (χ2n) is 17.3. The van der Waals surface area contributed by atoms with Crippen molar-refractivity contribution in [2.45, 2.75) is 174 Å². The lowest BCUT2D eigenvalue weighted by Gasteiger charge is -2.34. The maximum absolute atomic E-state index is 12.8. The predicted molar refractivity (Wildman–Crippen MR) is 277 cm³/mol. The van der Waals surface area contributed by atoms with Crippen LogP contribution in [0.25, 0.3) is 0 Å². The zero-order chi connectivity index (χ0) is 48.4. The van der Waals surface area contributed by atoms with Crippen molar-refractivity contribution in [2.75, 3.05) is 41.0 Å². The number of ether oxygens (including phenoxy) is 3. The van der Waals surface area contributed by atoms with E-state index in [2.05, 4.69) is 148 Å². The standard InChI is InChI=1S/C58H91NO7/c1-6-8-10-12-14-16-18-20-22-24-26-28-29-31-32-34-36-38-40-42-44-46-48-56(60)65-53-54(52-64-51-50-55(58(62)63)59(3,4)5)66-57(61)49-47-45-43-41-39-37-35-33-30-27-25-23-21-19-17-15-13-11-9-7-2/h8-11,14-17,20-23,26-28,30-32,35,37,41,43,54-55H,6-7,12-13,18-19,24-25,29,33-34,36,38-40,42,44-53H2,1-5H3/b10-8+,11-9+,16-14+,17-15+,22-20+,23-21+,28-26+,30-27+,32-31+,37-35+,43-41+. The van der Waals surface area contributed by atoms with Crippen LogP contribution in [0, 0.1) is 0 Å². The van der Waals surface area contributed by atoms with E-state index in [0.29, 0.717) is 12.8 Å². The number of allylic oxidation sites excluding steroid dienone is 22. The Bertz CT molecular complexity index is 1530. The number of carbonyl (C=O) groups excluding carboxylic acids is 3. The first kappa shape index (κ1) is 61.5. The van der Waals surface area contributed by atoms with E-state index in [4.69, 9.17) is 14.2 Å². The Morgan fingerprint density at radius 2 is 0.818 bits per heavy atom. The van der Waals surface area contributed by atoms with Crippen LogP contribution < -0.4 is 5.11 Å². The van der Waals surface area contributed by atoms with Gasteiger partial charge in [-0.05, 0) is 103 Å². The Kier molecular flexibility index (Phi) is 43.8. The van der Waals surface area contributed by atoms with Gasteiger partial charge in [0.1, 0.15) is 12.6 Å². The van der Waals surface area contributed by atoms with Gasteiger partial charge in [0.15, 0.2) is 6.10 Å². The lowest BCUT2D eigenvalue weighted by atomic mass is 10.1. The molecule has 0 aromatic heterocycles. The minimum atomic E-state index is -1.14. The van der Waals surface area contributed by atoms with Crippen LogP contribution in [0.1, 0.15) is 162 Å². The fourth-order valence-electron chi connectivity index (χ4n) is 6.46. The van der Waals surface area contributed by atoms with Gasteiger partial charge in [0.05, 0.1) is 40.3 Å². The van der Waals surface area contributed by atoms with Crippen LogP contribution in [0.4, 0.5) is 0 Å². The Balaban J connectivity index is 4.42. The molecule has 0 aromatic carbocycles. The van der Waals surface area contributed by atoms with E-state index in [9.17, 15) is 19.5 Å². The molecule has 2 unspecified atom stereocenters. The van der Waals surface area contributed by atoms with E-state index in [1.54, 1.807) is 21.1 Å². The lowest BCUT2D eigenvalue weighted by Crippen LogP contribution is -2.55. The first-order valence-corrected chi connectivity index (χ1v) is 25.2. The quantitative estimate of drug-likeness (QED) is 0.0260. The summed E-state index contributed by atoms with van der Waals surface area (Å²) in [6.45, 7) is 4.33. The highest BCUT2D eigenvalue weighted by atomic mass is 16.6. The van der Waals surface area contributed by atoms with Crippen LogP contribution in [-0.4, -0.2) is 75.5 Å². The highest BCUT2D eigenvalue weighted by molar-refractivity contribution is 5.70. The fraction of sp³-hybridized carbons (Fsp3) is 0.569. The van der Waals surface area contributed by atoms with Crippen LogP contribution >= 0.6 is 0 Å². The van der Waals surface area contributed by atoms with Crippen molar-refractivity contribution in [1.29, 1.82) is 0 Å². The number of nitrogens with zero attached hydrogens (tertiary/aromatic N) is 1. The molecule has 2 atom stereocenters. The Hall–Kier alpha value is -4.53. The molecule has 370 valence electrons. The van der Waals surface area contributed by atoms with Gasteiger partial charge in [-0.2, -0.15) is 0 Å². The van der Waals surface area contributed by atoms with Gasteiger partial charge in [0.2, 0.25) is 0 Å². The number of carboxylic acids is 1. The third kappa shape index (κ3) is 44.7. The van der Waals surface area contributed by atoms with E-state index >= 15 is 0 Å². The summed E-state index contributed by atoms with van der Waals surface area (Å²) in [5, 5.41) is 11.7. The third-order valence-corrected chi connectivity index (χ3v) is 10.3. The van der Waals surface area contributed by atoms with Crippen LogP contribution in [0.15, 0.2) is 134 Å². The molecule has 0 saturated carbocycles. The molecule has 0 aromatic rings. The number of esters is 2. The predicted octanol–water partition coefficient (Wildman–Crippen LogP) is 13.4. The van der Waals surface area contributed by atoms with Crippen LogP contribution in [0.2, 0.25) is 0 Å². The first-order chi connectivity index (χ1) is 32.1. The monoisotopic (exact) mass is 914 g/mol. The molecule has 0 aliphatic carbocycles. The molecule has 0 heterocycles. The van der Waals surface area contributed by atoms with Gasteiger partial charge >= 0.3 is 11.9 Å². The smallest absolute Gasteiger partial charge is 0.306 e. The lowest BCUT2D eigenvalue weighted by molar-refractivity contribution is -0.889. The SMILES string of the molecule is CC/C=C/C/C=C/C/C=C/C/C=C/C/C=C/C/C=C/CCCC(=O)OC(COCCC(C(=O)[O-])[N+](C)(C)C)COC(=O)CCCCCCCC/C=C/C/C=C/C/C=C/C/C=C/C/C=C/CC. The van der Waals surface area contributed by atoms with Gasteiger partial charge in [-0.3, -0.25) is 9.59 Å². The van der Waals surface area contributed by atoms with Crippen molar-refractivity contribution < 1.29 is 38.2 Å². The second-order valence-corrected chi connectivity index (χ2v) is 17.3. The van der Waals surface area contributed by atoms with Gasteiger partial charge in [0, 0.05) is 19.3 Å². The zero-order valence-corrected chi connectivity index (χ0v) is 42.0. The Morgan fingerprint density at radius 1 is 0.455 bits per heavy atom. The molecule has 0 rings (SSSR count). The van der Waals surface area contributed by atoms with E-state index in [1.807, 2.05) is 0 Å². The molecule has 0 saturated heterocycles. The van der Waals surface area contributed by atoms with E-state index in [0.717, 1.165) is 109 Å². The van der Waals surface area contributed by atoms with Crippen LogP contribution in [0.5, 0.6) is 0 Å². The van der Waals surface area contributed by atoms with Crippen molar-refractivity contribution in [3.63, 3.8) is 0 Å². The summed E-state index contributed by atoms with van der Waals surface area (Å²) in [5.41, 5.74) is 0. The third-order valence-electron chi connectivity index (χ3n) is 10.3. The number of likely N-dealkylation sites (N-methyl/N-ethyl adjacent to an activating group) is 1. The van der Waals surface area contributed by atoms with E-state index in [1.165, 1.54) is 12.8 Å². The summed E-state index contributed by atoms with van der Waals surface area (Å²) in [7, 11) is 5.37. The highest BCUT2D eigenvalue weighted by Crippen LogP contribution is 2.12. The number of carbonyl (C=O) groups is 3. The van der Waals surface area contributed by atoms with Gasteiger partial charge < -0.3 is 28.6 Å². The average Bonchev–Trinajstić information content (AvgIpc) is 3.28. The molecule has 0 amide bonds. The molecule has 0 aliphatic heterocycles. The molecule has 66 heavy (non-hydrogen) atoms. The summed E-state index contributed by atoms with van der Waals surface area (Å²) in [5.74, 6) is -1.85. The number of unbranched alkanes of at least 4 members (excludes halogenated alkanes) is 7. The Morgan fingerprint density at radius 3 is 1.23 bits per heavy atom. The molecule has 0 radical (unpaired) electrons. The van der Waals surface area contributed by atoms with E-state index in [-0.39, 0.29) is 49.1 Å². The van der Waals surface area contributed by atoms with Gasteiger partial charge in [0.25, 0.3) is 0 Å². The van der Waals surface area contributed by atoms with Gasteiger partial charge in [-0.15, -0.1) is 0 Å². The van der Waals surface area contributed by atoms with E-state index < -0.39 is 18.1 Å². The summed E-state index contributed by atoms with van der Waals surface area (Å²) in [6.07, 6.45) is 67.7. The molecular formula is C58H91NO7. The molecule has 8 heteroatoms. The van der Waals surface area contributed by atoms with Crippen LogP contribution in [-0.2, 0) is 28.6 Å².